The minimum absolute atomic E-state index is 0.107. The van der Waals surface area contributed by atoms with Crippen LogP contribution >= 0.6 is 23.2 Å². The second-order valence-electron chi connectivity index (χ2n) is 6.77. The van der Waals surface area contributed by atoms with E-state index in [4.69, 9.17) is 32.7 Å². The zero-order chi connectivity index (χ0) is 21.0. The Kier molecular flexibility index (Phi) is 6.87. The molecule has 2 amide bonds. The largest absolute Gasteiger partial charge is 0.495 e. The van der Waals surface area contributed by atoms with E-state index >= 15 is 0 Å². The average molecular weight is 437 g/mol. The van der Waals surface area contributed by atoms with E-state index in [-0.39, 0.29) is 17.7 Å². The maximum atomic E-state index is 12.9. The fourth-order valence-electron chi connectivity index (χ4n) is 3.34. The standard InChI is InChI=1S/C21H22Cl2N2O4/c1-28-18-11-17(19(29-2)10-16(18)23)24-20(26)14-4-3-9-25(12-14)21(27)13-5-7-15(22)8-6-13/h5-8,10-11,14H,3-4,9,12H2,1-2H3,(H,24,26)/t14-/m0/s1. The topological polar surface area (TPSA) is 67.9 Å². The molecular formula is C21H22Cl2N2O4. The number of likely N-dealkylation sites (tertiary alicyclic amines) is 1. The lowest BCUT2D eigenvalue weighted by Gasteiger charge is -2.32. The molecule has 0 radical (unpaired) electrons. The molecule has 1 saturated heterocycles. The molecule has 1 N–H and O–H groups in total. The van der Waals surface area contributed by atoms with Gasteiger partial charge in [0.1, 0.15) is 11.5 Å². The number of hydrogen-bond acceptors (Lipinski definition) is 4. The molecule has 1 heterocycles. The molecule has 8 heteroatoms. The minimum atomic E-state index is -0.327. The van der Waals surface area contributed by atoms with E-state index in [0.717, 1.165) is 6.42 Å². The van der Waals surface area contributed by atoms with Gasteiger partial charge in [0.2, 0.25) is 5.91 Å². The number of carbonyl (C=O) groups is 2. The van der Waals surface area contributed by atoms with Crippen molar-refractivity contribution in [2.75, 3.05) is 32.6 Å². The molecule has 154 valence electrons. The average Bonchev–Trinajstić information content (AvgIpc) is 2.74. The molecule has 1 atom stereocenters. The Morgan fingerprint density at radius 2 is 1.76 bits per heavy atom. The summed E-state index contributed by atoms with van der Waals surface area (Å²) in [6, 6.07) is 9.97. The number of ether oxygens (including phenoxy) is 2. The normalized spacial score (nSPS) is 16.3. The van der Waals surface area contributed by atoms with Crippen molar-refractivity contribution < 1.29 is 19.1 Å². The lowest BCUT2D eigenvalue weighted by Crippen LogP contribution is -2.43. The van der Waals surface area contributed by atoms with Crippen molar-refractivity contribution >= 4 is 40.7 Å². The summed E-state index contributed by atoms with van der Waals surface area (Å²) < 4.78 is 10.5. The highest BCUT2D eigenvalue weighted by molar-refractivity contribution is 6.32. The highest BCUT2D eigenvalue weighted by atomic mass is 35.5. The summed E-state index contributed by atoms with van der Waals surface area (Å²) in [5.41, 5.74) is 1.03. The van der Waals surface area contributed by atoms with Gasteiger partial charge in [0.25, 0.3) is 5.91 Å². The molecule has 2 aromatic rings. The molecule has 0 unspecified atom stereocenters. The number of amides is 2. The SMILES string of the molecule is COc1cc(NC(=O)[C@H]2CCCN(C(=O)c3ccc(Cl)cc3)C2)c(OC)cc1Cl. The van der Waals surface area contributed by atoms with Gasteiger partial charge in [-0.1, -0.05) is 23.2 Å². The van der Waals surface area contributed by atoms with Gasteiger partial charge >= 0.3 is 0 Å². The Balaban J connectivity index is 1.71. The van der Waals surface area contributed by atoms with E-state index in [1.54, 1.807) is 41.3 Å². The Morgan fingerprint density at radius 1 is 1.07 bits per heavy atom. The summed E-state index contributed by atoms with van der Waals surface area (Å²) in [7, 11) is 3.00. The summed E-state index contributed by atoms with van der Waals surface area (Å²) in [4.78, 5) is 27.3. The maximum absolute atomic E-state index is 12.9. The van der Waals surface area contributed by atoms with Crippen LogP contribution in [-0.4, -0.2) is 44.0 Å². The lowest BCUT2D eigenvalue weighted by atomic mass is 9.96. The summed E-state index contributed by atoms with van der Waals surface area (Å²) in [5.74, 6) is 0.262. The van der Waals surface area contributed by atoms with Crippen LogP contribution in [0.25, 0.3) is 0 Å². The van der Waals surface area contributed by atoms with E-state index in [1.165, 1.54) is 14.2 Å². The number of benzene rings is 2. The molecule has 1 aliphatic rings. The zero-order valence-electron chi connectivity index (χ0n) is 16.2. The summed E-state index contributed by atoms with van der Waals surface area (Å²) in [6.45, 7) is 0.962. The number of nitrogens with zero attached hydrogens (tertiary/aromatic N) is 1. The van der Waals surface area contributed by atoms with Crippen molar-refractivity contribution in [1.82, 2.24) is 4.90 Å². The predicted octanol–water partition coefficient (Wildman–Crippen LogP) is 4.50. The van der Waals surface area contributed by atoms with Crippen molar-refractivity contribution in [1.29, 1.82) is 0 Å². The Bertz CT molecular complexity index is 902. The summed E-state index contributed by atoms with van der Waals surface area (Å²) >= 11 is 12.0. The van der Waals surface area contributed by atoms with E-state index in [1.807, 2.05) is 0 Å². The van der Waals surface area contributed by atoms with Gasteiger partial charge in [-0.15, -0.1) is 0 Å². The predicted molar refractivity (Wildman–Crippen MR) is 113 cm³/mol. The second-order valence-corrected chi connectivity index (χ2v) is 7.62. The smallest absolute Gasteiger partial charge is 0.253 e. The first kappa shape index (κ1) is 21.3. The monoisotopic (exact) mass is 436 g/mol. The number of hydrogen-bond donors (Lipinski definition) is 1. The molecule has 0 bridgehead atoms. The first-order chi connectivity index (χ1) is 13.9. The Hall–Kier alpha value is -2.44. The number of carbonyl (C=O) groups excluding carboxylic acids is 2. The highest BCUT2D eigenvalue weighted by Crippen LogP contribution is 2.36. The molecule has 2 aromatic carbocycles. The lowest BCUT2D eigenvalue weighted by molar-refractivity contribution is -0.121. The molecule has 0 spiro atoms. The van der Waals surface area contributed by atoms with E-state index < -0.39 is 0 Å². The first-order valence-electron chi connectivity index (χ1n) is 9.20. The molecule has 1 fully saturated rings. The third-order valence-electron chi connectivity index (χ3n) is 4.90. The molecular weight excluding hydrogens is 415 g/mol. The fraction of sp³-hybridized carbons (Fsp3) is 0.333. The molecule has 1 aliphatic heterocycles. The zero-order valence-corrected chi connectivity index (χ0v) is 17.7. The molecule has 29 heavy (non-hydrogen) atoms. The maximum Gasteiger partial charge on any atom is 0.253 e. The van der Waals surface area contributed by atoms with Gasteiger partial charge < -0.3 is 19.7 Å². The van der Waals surface area contributed by atoms with Crippen molar-refractivity contribution in [2.45, 2.75) is 12.8 Å². The van der Waals surface area contributed by atoms with Gasteiger partial charge in [0, 0.05) is 35.8 Å². The summed E-state index contributed by atoms with van der Waals surface area (Å²) in [5, 5.41) is 3.84. The third kappa shape index (κ3) is 4.95. The van der Waals surface area contributed by atoms with Gasteiger partial charge in [-0.3, -0.25) is 9.59 Å². The van der Waals surface area contributed by atoms with Gasteiger partial charge in [0.05, 0.1) is 30.8 Å². The molecule has 6 nitrogen and oxygen atoms in total. The van der Waals surface area contributed by atoms with Crippen LogP contribution in [0.3, 0.4) is 0 Å². The van der Waals surface area contributed by atoms with Crippen molar-refractivity contribution in [3.05, 3.63) is 52.0 Å². The van der Waals surface area contributed by atoms with Gasteiger partial charge in [0.15, 0.2) is 0 Å². The van der Waals surface area contributed by atoms with Gasteiger partial charge in [-0.05, 0) is 37.1 Å². The molecule has 3 rings (SSSR count). The number of methoxy groups -OCH3 is 2. The number of anilines is 1. The van der Waals surface area contributed by atoms with E-state index in [2.05, 4.69) is 5.32 Å². The molecule has 0 saturated carbocycles. The quantitative estimate of drug-likeness (QED) is 0.748. The van der Waals surface area contributed by atoms with Crippen LogP contribution in [0.5, 0.6) is 11.5 Å². The number of nitrogens with one attached hydrogen (secondary N) is 1. The minimum Gasteiger partial charge on any atom is -0.495 e. The second kappa shape index (κ2) is 9.37. The molecule has 0 aromatic heterocycles. The number of halogens is 2. The van der Waals surface area contributed by atoms with Crippen molar-refractivity contribution in [2.24, 2.45) is 5.92 Å². The molecule has 0 aliphatic carbocycles. The van der Waals surface area contributed by atoms with Crippen LogP contribution in [0.4, 0.5) is 5.69 Å². The van der Waals surface area contributed by atoms with Crippen LogP contribution in [-0.2, 0) is 4.79 Å². The van der Waals surface area contributed by atoms with Crippen LogP contribution in [0.1, 0.15) is 23.2 Å². The van der Waals surface area contributed by atoms with Crippen LogP contribution in [0, 0.1) is 5.92 Å². The van der Waals surface area contributed by atoms with Gasteiger partial charge in [-0.25, -0.2) is 0 Å². The number of rotatable bonds is 5. The highest BCUT2D eigenvalue weighted by Gasteiger charge is 2.29. The number of piperidine rings is 1. The third-order valence-corrected chi connectivity index (χ3v) is 5.45. The summed E-state index contributed by atoms with van der Waals surface area (Å²) in [6.07, 6.45) is 1.45. The van der Waals surface area contributed by atoms with Crippen molar-refractivity contribution in [3.63, 3.8) is 0 Å². The van der Waals surface area contributed by atoms with Crippen LogP contribution < -0.4 is 14.8 Å². The van der Waals surface area contributed by atoms with Crippen LogP contribution in [0.2, 0.25) is 10.0 Å². The first-order valence-corrected chi connectivity index (χ1v) is 9.95. The van der Waals surface area contributed by atoms with E-state index in [9.17, 15) is 9.59 Å². The van der Waals surface area contributed by atoms with Crippen LogP contribution in [0.15, 0.2) is 36.4 Å². The Labute approximate surface area is 179 Å². The van der Waals surface area contributed by atoms with Gasteiger partial charge in [-0.2, -0.15) is 0 Å². The Morgan fingerprint density at radius 3 is 2.41 bits per heavy atom. The van der Waals surface area contributed by atoms with Crippen molar-refractivity contribution in [3.8, 4) is 11.5 Å². The fourth-order valence-corrected chi connectivity index (χ4v) is 3.70. The van der Waals surface area contributed by atoms with E-state index in [0.29, 0.717) is 52.3 Å².